The fourth-order valence-corrected chi connectivity index (χ4v) is 10.9. The van der Waals surface area contributed by atoms with Gasteiger partial charge >= 0.3 is 0 Å². The standard InChI is InChI=1S/C59H36N4S/c1-4-16-37(17-5-1)38-28-30-39(31-29-38)50-36-51(62-59(61-50)40-18-6-2-7-19-40)47-35-48-55(56-45-24-12-15-27-54(45)64-58(47)56)44-23-10-13-25-49(44)60-57(48)41-32-33-53-46(34-41)43-22-11-14-26-52(43)63(53)42-20-8-3-9-21-42/h1-36H. The summed E-state index contributed by atoms with van der Waals surface area (Å²) in [5.74, 6) is 0.687. The Hall–Kier alpha value is -8.25. The van der Waals surface area contributed by atoms with E-state index >= 15 is 0 Å². The Morgan fingerprint density at radius 3 is 1.75 bits per heavy atom. The van der Waals surface area contributed by atoms with E-state index in [1.165, 1.54) is 53.0 Å². The summed E-state index contributed by atoms with van der Waals surface area (Å²) < 4.78 is 4.80. The van der Waals surface area contributed by atoms with Gasteiger partial charge in [0.25, 0.3) is 0 Å². The van der Waals surface area contributed by atoms with Gasteiger partial charge in [0.15, 0.2) is 5.82 Å². The van der Waals surface area contributed by atoms with Crippen LogP contribution in [0.5, 0.6) is 0 Å². The molecule has 0 fully saturated rings. The van der Waals surface area contributed by atoms with Crippen molar-refractivity contribution in [2.75, 3.05) is 0 Å². The molecule has 0 saturated heterocycles. The van der Waals surface area contributed by atoms with E-state index in [9.17, 15) is 0 Å². The molecule has 13 aromatic rings. The van der Waals surface area contributed by atoms with Gasteiger partial charge in [-0.3, -0.25) is 0 Å². The van der Waals surface area contributed by atoms with E-state index in [1.54, 1.807) is 0 Å². The van der Waals surface area contributed by atoms with Crippen LogP contribution in [0.25, 0.3) is 126 Å². The summed E-state index contributed by atoms with van der Waals surface area (Å²) in [6.07, 6.45) is 0. The van der Waals surface area contributed by atoms with Gasteiger partial charge in [0.2, 0.25) is 0 Å². The van der Waals surface area contributed by atoms with Crippen molar-refractivity contribution in [1.29, 1.82) is 0 Å². The number of benzene rings is 9. The third-order valence-corrected chi connectivity index (χ3v) is 13.8. The molecule has 0 amide bonds. The second-order valence-corrected chi connectivity index (χ2v) is 17.4. The molecular weight excluding hydrogens is 797 g/mol. The average Bonchev–Trinajstić information content (AvgIpc) is 3.93. The molecule has 0 aliphatic rings. The van der Waals surface area contributed by atoms with Crippen LogP contribution >= 0.6 is 11.3 Å². The lowest BCUT2D eigenvalue weighted by Gasteiger charge is -2.16. The largest absolute Gasteiger partial charge is 0.309 e. The Morgan fingerprint density at radius 2 is 0.953 bits per heavy atom. The molecule has 0 saturated carbocycles. The summed E-state index contributed by atoms with van der Waals surface area (Å²) in [4.78, 5) is 16.2. The highest BCUT2D eigenvalue weighted by atomic mass is 32.1. The van der Waals surface area contributed by atoms with E-state index < -0.39 is 0 Å². The van der Waals surface area contributed by atoms with Gasteiger partial charge in [0.1, 0.15) is 0 Å². The molecular formula is C59H36N4S. The van der Waals surface area contributed by atoms with Gasteiger partial charge in [-0.05, 0) is 65.7 Å². The maximum Gasteiger partial charge on any atom is 0.160 e. The predicted octanol–water partition coefficient (Wildman–Crippen LogP) is 16.0. The molecule has 5 heteroatoms. The minimum Gasteiger partial charge on any atom is -0.309 e. The summed E-state index contributed by atoms with van der Waals surface area (Å²) in [5.41, 5.74) is 13.6. The molecule has 4 aromatic heterocycles. The van der Waals surface area contributed by atoms with Crippen molar-refractivity contribution < 1.29 is 0 Å². The third kappa shape index (κ3) is 5.86. The second kappa shape index (κ2) is 14.7. The first kappa shape index (κ1) is 36.4. The van der Waals surface area contributed by atoms with Crippen molar-refractivity contribution in [3.63, 3.8) is 0 Å². The van der Waals surface area contributed by atoms with E-state index in [4.69, 9.17) is 15.0 Å². The van der Waals surface area contributed by atoms with Crippen LogP contribution in [0.15, 0.2) is 218 Å². The number of hydrogen-bond acceptors (Lipinski definition) is 4. The molecule has 4 heterocycles. The lowest BCUT2D eigenvalue weighted by molar-refractivity contribution is 1.18. The first-order chi connectivity index (χ1) is 31.7. The zero-order chi connectivity index (χ0) is 42.1. The summed E-state index contributed by atoms with van der Waals surface area (Å²) in [6, 6.07) is 77.7. The van der Waals surface area contributed by atoms with Crippen LogP contribution in [-0.4, -0.2) is 19.5 Å². The SMILES string of the molecule is c1ccc(-c2ccc(-c3cc(-c4cc5c(-c6ccc7c(c6)c6ccccc6n7-c6ccccc6)nc6ccccc6c5c5c4sc4ccccc45)nc(-c4ccccc4)n3)cc2)cc1. The number of pyridine rings is 1. The van der Waals surface area contributed by atoms with E-state index in [0.29, 0.717) is 5.82 Å². The Balaban J connectivity index is 1.10. The Bertz CT molecular complexity index is 3930. The highest BCUT2D eigenvalue weighted by Crippen LogP contribution is 2.48. The van der Waals surface area contributed by atoms with Gasteiger partial charge in [-0.1, -0.05) is 164 Å². The van der Waals surface area contributed by atoms with E-state index in [1.807, 2.05) is 17.4 Å². The second-order valence-electron chi connectivity index (χ2n) is 16.3. The Kier molecular flexibility index (Phi) is 8.36. The number of aromatic nitrogens is 4. The molecule has 0 aliphatic carbocycles. The normalized spacial score (nSPS) is 11.8. The van der Waals surface area contributed by atoms with Crippen LogP contribution < -0.4 is 0 Å². The Labute approximate surface area is 373 Å². The molecule has 9 aromatic carbocycles. The number of nitrogens with zero attached hydrogens (tertiary/aromatic N) is 4. The quantitative estimate of drug-likeness (QED) is 0.157. The average molecular weight is 833 g/mol. The molecule has 0 atom stereocenters. The molecule has 298 valence electrons. The number of fused-ring (bicyclic) bond motifs is 10. The highest BCUT2D eigenvalue weighted by Gasteiger charge is 2.23. The van der Waals surface area contributed by atoms with Crippen LogP contribution in [-0.2, 0) is 0 Å². The van der Waals surface area contributed by atoms with Crippen molar-refractivity contribution in [2.24, 2.45) is 0 Å². The lowest BCUT2D eigenvalue weighted by atomic mass is 9.92. The summed E-state index contributed by atoms with van der Waals surface area (Å²) >= 11 is 1.83. The van der Waals surface area contributed by atoms with Gasteiger partial charge in [0.05, 0.1) is 33.6 Å². The summed E-state index contributed by atoms with van der Waals surface area (Å²) in [6.45, 7) is 0. The van der Waals surface area contributed by atoms with Crippen LogP contribution in [0.2, 0.25) is 0 Å². The van der Waals surface area contributed by atoms with Gasteiger partial charge in [0, 0.05) is 75.0 Å². The molecule has 0 unspecified atom stereocenters. The van der Waals surface area contributed by atoms with E-state index in [2.05, 4.69) is 217 Å². The molecule has 64 heavy (non-hydrogen) atoms. The van der Waals surface area contributed by atoms with Crippen LogP contribution in [0.4, 0.5) is 0 Å². The van der Waals surface area contributed by atoms with Crippen LogP contribution in [0.1, 0.15) is 0 Å². The minimum absolute atomic E-state index is 0.687. The minimum atomic E-state index is 0.687. The first-order valence-corrected chi connectivity index (χ1v) is 22.4. The summed E-state index contributed by atoms with van der Waals surface area (Å²) in [5, 5.41) is 8.28. The Morgan fingerprint density at radius 1 is 0.359 bits per heavy atom. The molecule has 0 bridgehead atoms. The third-order valence-electron chi connectivity index (χ3n) is 12.6. The van der Waals surface area contributed by atoms with Crippen molar-refractivity contribution in [1.82, 2.24) is 19.5 Å². The number of para-hydroxylation sites is 3. The molecule has 0 aliphatic heterocycles. The smallest absolute Gasteiger partial charge is 0.160 e. The van der Waals surface area contributed by atoms with Gasteiger partial charge in [-0.15, -0.1) is 11.3 Å². The maximum atomic E-state index is 5.56. The van der Waals surface area contributed by atoms with E-state index in [-0.39, 0.29) is 0 Å². The number of rotatable bonds is 6. The van der Waals surface area contributed by atoms with Crippen molar-refractivity contribution in [2.45, 2.75) is 0 Å². The van der Waals surface area contributed by atoms with Crippen molar-refractivity contribution in [3.05, 3.63) is 218 Å². The molecule has 0 spiro atoms. The summed E-state index contributed by atoms with van der Waals surface area (Å²) in [7, 11) is 0. The first-order valence-electron chi connectivity index (χ1n) is 21.6. The monoisotopic (exact) mass is 832 g/mol. The fourth-order valence-electron chi connectivity index (χ4n) is 9.63. The van der Waals surface area contributed by atoms with Crippen molar-refractivity contribution >= 4 is 75.0 Å². The zero-order valence-corrected chi connectivity index (χ0v) is 35.3. The van der Waals surface area contributed by atoms with Gasteiger partial charge in [-0.25, -0.2) is 15.0 Å². The maximum absolute atomic E-state index is 5.56. The molecule has 4 nitrogen and oxygen atoms in total. The van der Waals surface area contributed by atoms with Crippen LogP contribution in [0.3, 0.4) is 0 Å². The van der Waals surface area contributed by atoms with Crippen LogP contribution in [0, 0.1) is 0 Å². The topological polar surface area (TPSA) is 43.6 Å². The molecule has 0 radical (unpaired) electrons. The highest BCUT2D eigenvalue weighted by molar-refractivity contribution is 7.26. The predicted molar refractivity (Wildman–Crippen MR) is 269 cm³/mol. The van der Waals surface area contributed by atoms with Crippen molar-refractivity contribution in [3.8, 4) is 62.0 Å². The number of thiophene rings is 1. The number of hydrogen-bond donors (Lipinski definition) is 0. The fraction of sp³-hybridized carbons (Fsp3) is 0. The van der Waals surface area contributed by atoms with Gasteiger partial charge in [-0.2, -0.15) is 0 Å². The zero-order valence-electron chi connectivity index (χ0n) is 34.5. The molecule has 0 N–H and O–H groups in total. The molecule has 13 rings (SSSR count). The van der Waals surface area contributed by atoms with Gasteiger partial charge < -0.3 is 4.57 Å². The lowest BCUT2D eigenvalue weighted by Crippen LogP contribution is -1.97. The van der Waals surface area contributed by atoms with E-state index in [0.717, 1.165) is 66.8 Å².